The van der Waals surface area contributed by atoms with Gasteiger partial charge in [-0.15, -0.1) is 0 Å². The molecule has 3 rings (SSSR count). The van der Waals surface area contributed by atoms with Gasteiger partial charge in [-0.05, 0) is 0 Å². The highest BCUT2D eigenvalue weighted by molar-refractivity contribution is 5.86. The number of carbonyl (C=O) groups is 1. The standard InChI is InChI=1S/C6H5NO2/c8-5-2-3-1-4-6(9-4)7(3)5/h3H,1-2H2/t3-/m1/s1. The van der Waals surface area contributed by atoms with Gasteiger partial charge < -0.3 is 4.74 Å². The van der Waals surface area contributed by atoms with Gasteiger partial charge in [0.05, 0.1) is 6.04 Å². The zero-order chi connectivity index (χ0) is 6.01. The minimum atomic E-state index is 0.225. The van der Waals surface area contributed by atoms with Crippen LogP contribution >= 0.6 is 0 Å². The van der Waals surface area contributed by atoms with E-state index < -0.39 is 0 Å². The fourth-order valence-electron chi connectivity index (χ4n) is 1.54. The molecule has 3 aliphatic heterocycles. The molecule has 3 heteroatoms. The molecule has 46 valence electrons. The molecule has 1 amide bonds. The second-order valence-corrected chi connectivity index (χ2v) is 2.66. The summed E-state index contributed by atoms with van der Waals surface area (Å²) >= 11 is 0. The lowest BCUT2D eigenvalue weighted by molar-refractivity contribution is -0.143. The summed E-state index contributed by atoms with van der Waals surface area (Å²) in [6, 6.07) is 0.483. The van der Waals surface area contributed by atoms with E-state index in [1.165, 1.54) is 0 Å². The van der Waals surface area contributed by atoms with Crippen LogP contribution in [0.4, 0.5) is 0 Å². The van der Waals surface area contributed by atoms with Crippen molar-refractivity contribution >= 4 is 5.91 Å². The topological polar surface area (TPSA) is 32.8 Å². The summed E-state index contributed by atoms with van der Waals surface area (Å²) in [7, 11) is 0. The van der Waals surface area contributed by atoms with Crippen molar-refractivity contribution < 1.29 is 9.53 Å². The summed E-state index contributed by atoms with van der Waals surface area (Å²) < 4.78 is 5.00. The van der Waals surface area contributed by atoms with Gasteiger partial charge in [0.15, 0.2) is 5.76 Å². The molecule has 0 aliphatic carbocycles. The van der Waals surface area contributed by atoms with Crippen molar-refractivity contribution in [2.45, 2.75) is 18.9 Å². The lowest BCUT2D eigenvalue weighted by Crippen LogP contribution is -2.48. The molecule has 3 heterocycles. The first-order valence-corrected chi connectivity index (χ1v) is 3.09. The zero-order valence-corrected chi connectivity index (χ0v) is 4.76. The number of nitrogens with zero attached hydrogens (tertiary/aromatic N) is 1. The smallest absolute Gasteiger partial charge is 0.241 e. The molecule has 1 atom stereocenters. The average molecular weight is 123 g/mol. The van der Waals surface area contributed by atoms with Crippen molar-refractivity contribution in [1.29, 1.82) is 0 Å². The van der Waals surface area contributed by atoms with Crippen LogP contribution < -0.4 is 0 Å². The molecule has 0 spiro atoms. The number of amides is 1. The van der Waals surface area contributed by atoms with Crippen molar-refractivity contribution in [3.05, 3.63) is 11.6 Å². The highest BCUT2D eigenvalue weighted by atomic mass is 16.6. The number of ether oxygens (including phenoxy) is 1. The van der Waals surface area contributed by atoms with Crippen molar-refractivity contribution in [2.75, 3.05) is 0 Å². The lowest BCUT2D eigenvalue weighted by atomic mass is 10.0. The number of rotatable bonds is 0. The van der Waals surface area contributed by atoms with E-state index in [2.05, 4.69) is 0 Å². The summed E-state index contributed by atoms with van der Waals surface area (Å²) in [5.41, 5.74) is 0. The lowest BCUT2D eigenvalue weighted by Gasteiger charge is -2.34. The predicted molar refractivity (Wildman–Crippen MR) is 28.0 cm³/mol. The Hall–Kier alpha value is -0.990. The van der Waals surface area contributed by atoms with Crippen molar-refractivity contribution in [1.82, 2.24) is 4.90 Å². The summed E-state index contributed by atoms with van der Waals surface area (Å²) in [5.74, 6) is 2.13. The monoisotopic (exact) mass is 123 g/mol. The molecular formula is C6H5NO2. The molecule has 1 saturated heterocycles. The van der Waals surface area contributed by atoms with Crippen molar-refractivity contribution in [3.63, 3.8) is 0 Å². The first kappa shape index (κ1) is 3.93. The fraction of sp³-hybridized carbons (Fsp3) is 0.500. The van der Waals surface area contributed by atoms with E-state index >= 15 is 0 Å². The third-order valence-electron chi connectivity index (χ3n) is 2.10. The van der Waals surface area contributed by atoms with E-state index in [-0.39, 0.29) is 5.91 Å². The molecule has 3 nitrogen and oxygen atoms in total. The second-order valence-electron chi connectivity index (χ2n) is 2.66. The third-order valence-corrected chi connectivity index (χ3v) is 2.10. The van der Waals surface area contributed by atoms with Crippen LogP contribution in [0.3, 0.4) is 0 Å². The number of carbonyl (C=O) groups excluding carboxylic acids is 1. The van der Waals surface area contributed by atoms with Crippen LogP contribution in [0, 0.1) is 0 Å². The van der Waals surface area contributed by atoms with Crippen LogP contribution in [-0.2, 0) is 9.53 Å². The largest absolute Gasteiger partial charge is 0.436 e. The van der Waals surface area contributed by atoms with Crippen LogP contribution in [0.2, 0.25) is 0 Å². The maximum absolute atomic E-state index is 10.8. The van der Waals surface area contributed by atoms with Gasteiger partial charge >= 0.3 is 0 Å². The van der Waals surface area contributed by atoms with E-state index in [0.717, 1.165) is 24.5 Å². The highest BCUT2D eigenvalue weighted by Gasteiger charge is 2.54. The normalized spacial score (nSPS) is 35.3. The van der Waals surface area contributed by atoms with Gasteiger partial charge in [-0.2, -0.15) is 0 Å². The van der Waals surface area contributed by atoms with Gasteiger partial charge in [0.25, 0.3) is 0 Å². The minimum absolute atomic E-state index is 0.225. The third kappa shape index (κ3) is 0.281. The zero-order valence-electron chi connectivity index (χ0n) is 4.76. The van der Waals surface area contributed by atoms with Crippen LogP contribution in [0.5, 0.6) is 0 Å². The quantitative estimate of drug-likeness (QED) is 0.431. The molecule has 0 saturated carbocycles. The Balaban J connectivity index is 2.03. The Labute approximate surface area is 51.9 Å². The van der Waals surface area contributed by atoms with Gasteiger partial charge in [-0.25, -0.2) is 0 Å². The van der Waals surface area contributed by atoms with Gasteiger partial charge in [0.1, 0.15) is 0 Å². The van der Waals surface area contributed by atoms with Crippen LogP contribution in [0.15, 0.2) is 11.6 Å². The molecule has 1 fully saturated rings. The Morgan fingerprint density at radius 3 is 3.00 bits per heavy atom. The highest BCUT2D eigenvalue weighted by Crippen LogP contribution is 2.48. The fourth-order valence-corrected chi connectivity index (χ4v) is 1.54. The second kappa shape index (κ2) is 0.875. The van der Waals surface area contributed by atoms with Gasteiger partial charge in [-0.1, -0.05) is 0 Å². The van der Waals surface area contributed by atoms with Crippen LogP contribution in [0.25, 0.3) is 0 Å². The summed E-state index contributed by atoms with van der Waals surface area (Å²) in [6.07, 6.45) is 1.71. The van der Waals surface area contributed by atoms with E-state index in [9.17, 15) is 4.79 Å². The summed E-state index contributed by atoms with van der Waals surface area (Å²) in [4.78, 5) is 12.5. The maximum atomic E-state index is 10.8. The van der Waals surface area contributed by atoms with E-state index in [1.807, 2.05) is 0 Å². The molecular weight excluding hydrogens is 118 g/mol. The molecule has 0 N–H and O–H groups in total. The van der Waals surface area contributed by atoms with E-state index in [0.29, 0.717) is 6.04 Å². The first-order valence-electron chi connectivity index (χ1n) is 3.09. The Morgan fingerprint density at radius 2 is 2.44 bits per heavy atom. The Bertz CT molecular complexity index is 243. The van der Waals surface area contributed by atoms with Gasteiger partial charge in [-0.3, -0.25) is 9.69 Å². The van der Waals surface area contributed by atoms with Crippen molar-refractivity contribution in [2.24, 2.45) is 0 Å². The van der Waals surface area contributed by atoms with Crippen molar-refractivity contribution in [3.8, 4) is 0 Å². The number of β-lactam (4-membered cyclic amide) rings is 1. The number of fused-ring (bicyclic) bond motifs is 2. The number of hydrogen-bond acceptors (Lipinski definition) is 2. The first-order chi connectivity index (χ1) is 4.36. The molecule has 3 aliphatic rings. The number of hydrogen-bond donors (Lipinski definition) is 0. The minimum Gasteiger partial charge on any atom is -0.436 e. The molecule has 9 heavy (non-hydrogen) atoms. The molecule has 0 bridgehead atoms. The van der Waals surface area contributed by atoms with E-state index in [1.54, 1.807) is 4.90 Å². The SMILES string of the molecule is O=C1C[C@H]2CC3=C(O3)N12. The van der Waals surface area contributed by atoms with Gasteiger partial charge in [0.2, 0.25) is 11.8 Å². The Kier molecular flexibility index (Phi) is 0.382. The molecule has 0 aromatic rings. The van der Waals surface area contributed by atoms with Crippen LogP contribution in [0.1, 0.15) is 12.8 Å². The maximum Gasteiger partial charge on any atom is 0.241 e. The predicted octanol–water partition coefficient (Wildman–Crippen LogP) is 0.190. The van der Waals surface area contributed by atoms with Gasteiger partial charge in [0, 0.05) is 12.8 Å². The van der Waals surface area contributed by atoms with E-state index in [4.69, 9.17) is 4.74 Å². The molecule has 0 unspecified atom stereocenters. The molecule has 0 radical (unpaired) electrons. The summed E-state index contributed by atoms with van der Waals surface area (Å²) in [6.45, 7) is 0. The molecule has 0 aromatic heterocycles. The summed E-state index contributed by atoms with van der Waals surface area (Å²) in [5, 5.41) is 0. The average Bonchev–Trinajstić information content (AvgIpc) is 2.42. The molecule has 0 aromatic carbocycles. The van der Waals surface area contributed by atoms with Crippen LogP contribution in [-0.4, -0.2) is 16.8 Å². The Morgan fingerprint density at radius 1 is 1.56 bits per heavy atom.